The van der Waals surface area contributed by atoms with E-state index in [-0.39, 0.29) is 11.6 Å². The fourth-order valence-corrected chi connectivity index (χ4v) is 2.58. The maximum atomic E-state index is 12.9. The number of rotatable bonds is 2. The molecule has 3 rings (SSSR count). The lowest BCUT2D eigenvalue weighted by molar-refractivity contribution is 0.102. The first-order chi connectivity index (χ1) is 10.2. The van der Waals surface area contributed by atoms with E-state index >= 15 is 0 Å². The molecule has 0 unspecified atom stereocenters. The summed E-state index contributed by atoms with van der Waals surface area (Å²) in [5.41, 5.74) is 3.36. The molecule has 0 saturated carbocycles. The van der Waals surface area contributed by atoms with Crippen molar-refractivity contribution in [1.29, 1.82) is 0 Å². The Bertz CT molecular complexity index is 714. The molecule has 2 aromatic rings. The predicted octanol–water partition coefficient (Wildman–Crippen LogP) is 4.05. The van der Waals surface area contributed by atoms with Crippen LogP contribution in [0.4, 0.5) is 4.39 Å². The topological polar surface area (TPSA) is 26.3 Å². The molecule has 0 saturated heterocycles. The zero-order valence-electron chi connectivity index (χ0n) is 11.7. The van der Waals surface area contributed by atoms with Gasteiger partial charge in [0.05, 0.1) is 7.11 Å². The largest absolute Gasteiger partial charge is 0.497 e. The van der Waals surface area contributed by atoms with Crippen LogP contribution in [0.1, 0.15) is 27.9 Å². The van der Waals surface area contributed by atoms with E-state index in [0.717, 1.165) is 34.4 Å². The third-order valence-corrected chi connectivity index (χ3v) is 3.72. The van der Waals surface area contributed by atoms with Gasteiger partial charge in [-0.2, -0.15) is 0 Å². The van der Waals surface area contributed by atoms with Gasteiger partial charge in [0.15, 0.2) is 5.78 Å². The number of hydrogen-bond donors (Lipinski definition) is 0. The minimum atomic E-state index is -0.274. The van der Waals surface area contributed by atoms with Crippen molar-refractivity contribution >= 4 is 11.9 Å². The van der Waals surface area contributed by atoms with E-state index in [0.29, 0.717) is 6.42 Å². The third kappa shape index (κ3) is 2.72. The molecule has 1 aliphatic carbocycles. The quantitative estimate of drug-likeness (QED) is 0.777. The molecule has 0 N–H and O–H groups in total. The summed E-state index contributed by atoms with van der Waals surface area (Å²) in [5, 5.41) is 0. The van der Waals surface area contributed by atoms with Gasteiger partial charge in [-0.1, -0.05) is 12.1 Å². The van der Waals surface area contributed by atoms with E-state index in [9.17, 15) is 9.18 Å². The van der Waals surface area contributed by atoms with Gasteiger partial charge in [0, 0.05) is 11.1 Å². The van der Waals surface area contributed by atoms with Crippen LogP contribution in [0.2, 0.25) is 0 Å². The Morgan fingerprint density at radius 3 is 2.57 bits per heavy atom. The molecule has 0 bridgehead atoms. The summed E-state index contributed by atoms with van der Waals surface area (Å²) < 4.78 is 18.1. The van der Waals surface area contributed by atoms with Crippen LogP contribution < -0.4 is 4.74 Å². The molecule has 0 spiro atoms. The van der Waals surface area contributed by atoms with Crippen LogP contribution in [-0.4, -0.2) is 12.9 Å². The molecule has 0 radical (unpaired) electrons. The Balaban J connectivity index is 1.93. The van der Waals surface area contributed by atoms with Crippen molar-refractivity contribution < 1.29 is 13.9 Å². The van der Waals surface area contributed by atoms with E-state index in [1.165, 1.54) is 12.1 Å². The molecule has 106 valence electrons. The molecule has 0 atom stereocenters. The van der Waals surface area contributed by atoms with Gasteiger partial charge in [-0.3, -0.25) is 4.79 Å². The summed E-state index contributed by atoms with van der Waals surface area (Å²) in [6, 6.07) is 11.7. The van der Waals surface area contributed by atoms with Crippen molar-refractivity contribution in [2.24, 2.45) is 0 Å². The van der Waals surface area contributed by atoms with Crippen molar-refractivity contribution in [3.05, 3.63) is 70.5 Å². The maximum Gasteiger partial charge on any atom is 0.189 e. The zero-order valence-corrected chi connectivity index (χ0v) is 11.7. The molecular formula is C18H15FO2. The molecule has 3 heteroatoms. The fraction of sp³-hybridized carbons (Fsp3) is 0.167. The molecular weight excluding hydrogens is 267 g/mol. The number of ether oxygens (including phenoxy) is 1. The minimum absolute atomic E-state index is 0.0447. The number of carbonyl (C=O) groups is 1. The van der Waals surface area contributed by atoms with Crippen LogP contribution in [-0.2, 0) is 6.42 Å². The minimum Gasteiger partial charge on any atom is -0.497 e. The molecule has 0 fully saturated rings. The van der Waals surface area contributed by atoms with E-state index in [1.54, 1.807) is 25.3 Å². The Hall–Kier alpha value is -2.42. The van der Waals surface area contributed by atoms with Gasteiger partial charge in [-0.15, -0.1) is 0 Å². The van der Waals surface area contributed by atoms with Crippen molar-refractivity contribution in [2.75, 3.05) is 7.11 Å². The predicted molar refractivity (Wildman–Crippen MR) is 80.0 cm³/mol. The summed E-state index contributed by atoms with van der Waals surface area (Å²) in [6.45, 7) is 0. The number of ketones is 1. The van der Waals surface area contributed by atoms with Crippen LogP contribution in [0.5, 0.6) is 5.75 Å². The first-order valence-electron chi connectivity index (χ1n) is 6.85. The number of fused-ring (bicyclic) bond motifs is 1. The van der Waals surface area contributed by atoms with E-state index in [4.69, 9.17) is 4.74 Å². The standard InChI is InChI=1S/C18H15FO2/c1-21-16-8-9-17-13(11-16)4-5-14(18(17)20)10-12-2-6-15(19)7-3-12/h2-3,6-11H,4-5H2,1H3. The average Bonchev–Trinajstić information content (AvgIpc) is 2.52. The monoisotopic (exact) mass is 282 g/mol. The molecule has 0 aromatic heterocycles. The molecule has 0 aliphatic heterocycles. The summed E-state index contributed by atoms with van der Waals surface area (Å²) in [4.78, 5) is 12.5. The van der Waals surface area contributed by atoms with Crippen molar-refractivity contribution in [2.45, 2.75) is 12.8 Å². The summed E-state index contributed by atoms with van der Waals surface area (Å²) in [5.74, 6) is 0.542. The van der Waals surface area contributed by atoms with Crippen molar-refractivity contribution in [3.8, 4) is 5.75 Å². The SMILES string of the molecule is COc1ccc2c(c1)CCC(=Cc1ccc(F)cc1)C2=O. The number of benzene rings is 2. The van der Waals surface area contributed by atoms with Gasteiger partial charge in [0.25, 0.3) is 0 Å². The number of Topliss-reactive ketones (excluding diaryl/α,β-unsaturated/α-hetero) is 1. The highest BCUT2D eigenvalue weighted by molar-refractivity contribution is 6.13. The third-order valence-electron chi connectivity index (χ3n) is 3.72. The molecule has 2 aromatic carbocycles. The summed E-state index contributed by atoms with van der Waals surface area (Å²) in [7, 11) is 1.62. The average molecular weight is 282 g/mol. The lowest BCUT2D eigenvalue weighted by Gasteiger charge is -2.18. The van der Waals surface area contributed by atoms with Gasteiger partial charge in [-0.25, -0.2) is 4.39 Å². The number of carbonyl (C=O) groups excluding carboxylic acids is 1. The molecule has 1 aliphatic rings. The van der Waals surface area contributed by atoms with E-state index in [2.05, 4.69) is 0 Å². The van der Waals surface area contributed by atoms with Gasteiger partial charge >= 0.3 is 0 Å². The summed E-state index contributed by atoms with van der Waals surface area (Å²) in [6.07, 6.45) is 3.34. The summed E-state index contributed by atoms with van der Waals surface area (Å²) >= 11 is 0. The second kappa shape index (κ2) is 5.52. The smallest absolute Gasteiger partial charge is 0.189 e. The molecule has 0 amide bonds. The Kier molecular flexibility index (Phi) is 3.57. The number of hydrogen-bond acceptors (Lipinski definition) is 2. The van der Waals surface area contributed by atoms with Crippen LogP contribution in [0.25, 0.3) is 6.08 Å². The Morgan fingerprint density at radius 2 is 1.86 bits per heavy atom. The van der Waals surface area contributed by atoms with Gasteiger partial charge in [0.2, 0.25) is 0 Å². The fourth-order valence-electron chi connectivity index (χ4n) is 2.58. The van der Waals surface area contributed by atoms with Crippen LogP contribution in [0.15, 0.2) is 48.0 Å². The van der Waals surface area contributed by atoms with Crippen LogP contribution in [0, 0.1) is 5.82 Å². The number of allylic oxidation sites excluding steroid dienone is 1. The van der Waals surface area contributed by atoms with Gasteiger partial charge in [-0.05, 0) is 60.4 Å². The normalized spacial score (nSPS) is 15.9. The molecule has 21 heavy (non-hydrogen) atoms. The second-order valence-electron chi connectivity index (χ2n) is 5.07. The highest BCUT2D eigenvalue weighted by Crippen LogP contribution is 2.29. The Labute approximate surface area is 122 Å². The van der Waals surface area contributed by atoms with Crippen LogP contribution in [0.3, 0.4) is 0 Å². The Morgan fingerprint density at radius 1 is 1.10 bits per heavy atom. The highest BCUT2D eigenvalue weighted by Gasteiger charge is 2.22. The van der Waals surface area contributed by atoms with Crippen LogP contribution >= 0.6 is 0 Å². The highest BCUT2D eigenvalue weighted by atomic mass is 19.1. The van der Waals surface area contributed by atoms with Gasteiger partial charge < -0.3 is 4.74 Å². The first kappa shape index (κ1) is 13.6. The molecule has 0 heterocycles. The maximum absolute atomic E-state index is 12.9. The lowest BCUT2D eigenvalue weighted by atomic mass is 9.86. The van der Waals surface area contributed by atoms with Gasteiger partial charge in [0.1, 0.15) is 11.6 Å². The first-order valence-corrected chi connectivity index (χ1v) is 6.85. The lowest BCUT2D eigenvalue weighted by Crippen LogP contribution is -2.14. The van der Waals surface area contributed by atoms with Crippen molar-refractivity contribution in [3.63, 3.8) is 0 Å². The number of halogens is 1. The van der Waals surface area contributed by atoms with E-state index in [1.807, 2.05) is 18.2 Å². The second-order valence-corrected chi connectivity index (χ2v) is 5.07. The number of aryl methyl sites for hydroxylation is 1. The molecule has 2 nitrogen and oxygen atoms in total. The van der Waals surface area contributed by atoms with E-state index < -0.39 is 0 Å². The van der Waals surface area contributed by atoms with Crippen molar-refractivity contribution in [1.82, 2.24) is 0 Å². The number of methoxy groups -OCH3 is 1. The zero-order chi connectivity index (χ0) is 14.8.